The number of methoxy groups -OCH3 is 1. The lowest BCUT2D eigenvalue weighted by Gasteiger charge is -2.11. The summed E-state index contributed by atoms with van der Waals surface area (Å²) in [6.07, 6.45) is 1.71. The van der Waals surface area contributed by atoms with Crippen LogP contribution in [0.2, 0.25) is 0 Å². The van der Waals surface area contributed by atoms with Crippen LogP contribution in [0.3, 0.4) is 0 Å². The van der Waals surface area contributed by atoms with Crippen molar-refractivity contribution < 1.29 is 9.47 Å². The number of hydrogen-bond donors (Lipinski definition) is 2. The highest BCUT2D eigenvalue weighted by molar-refractivity contribution is 5.63. The van der Waals surface area contributed by atoms with Gasteiger partial charge in [0.05, 0.1) is 7.11 Å². The molecule has 0 saturated carbocycles. The van der Waals surface area contributed by atoms with Crippen LogP contribution < -0.4 is 20.5 Å². The number of nitrogens with zero attached hydrogens (tertiary/aromatic N) is 1. The topological polar surface area (TPSA) is 69.4 Å². The molecular formula is C14H17N3O2. The maximum Gasteiger partial charge on any atom is 0.173 e. The Labute approximate surface area is 112 Å². The van der Waals surface area contributed by atoms with E-state index in [-0.39, 0.29) is 0 Å². The number of pyridine rings is 1. The standard InChI is InChI=1S/C14H17N3O2/c1-18-13-6-3-8-16-14(13)17-11-4-2-5-12(10-11)19-9-7-15/h2-6,8,10H,7,9,15H2,1H3,(H,16,17). The van der Waals surface area contributed by atoms with E-state index in [1.807, 2.05) is 36.4 Å². The number of rotatable bonds is 6. The molecule has 5 nitrogen and oxygen atoms in total. The lowest BCUT2D eigenvalue weighted by atomic mass is 10.3. The molecule has 0 unspecified atom stereocenters. The third kappa shape index (κ3) is 3.59. The molecule has 19 heavy (non-hydrogen) atoms. The molecule has 1 heterocycles. The predicted molar refractivity (Wildman–Crippen MR) is 75.1 cm³/mol. The van der Waals surface area contributed by atoms with Crippen LogP contribution in [0, 0.1) is 0 Å². The van der Waals surface area contributed by atoms with Crippen molar-refractivity contribution in [2.75, 3.05) is 25.6 Å². The van der Waals surface area contributed by atoms with Gasteiger partial charge in [-0.1, -0.05) is 6.07 Å². The number of anilines is 2. The number of hydrogen-bond acceptors (Lipinski definition) is 5. The fourth-order valence-electron chi connectivity index (χ4n) is 1.63. The lowest BCUT2D eigenvalue weighted by molar-refractivity contribution is 0.328. The van der Waals surface area contributed by atoms with Crippen LogP contribution in [0.4, 0.5) is 11.5 Å². The fraction of sp³-hybridized carbons (Fsp3) is 0.214. The van der Waals surface area contributed by atoms with Gasteiger partial charge in [0.1, 0.15) is 12.4 Å². The van der Waals surface area contributed by atoms with Gasteiger partial charge >= 0.3 is 0 Å². The van der Waals surface area contributed by atoms with Gasteiger partial charge < -0.3 is 20.5 Å². The van der Waals surface area contributed by atoms with Gasteiger partial charge in [0.15, 0.2) is 11.6 Å². The van der Waals surface area contributed by atoms with Crippen LogP contribution in [0.5, 0.6) is 11.5 Å². The zero-order valence-electron chi connectivity index (χ0n) is 10.8. The lowest BCUT2D eigenvalue weighted by Crippen LogP contribution is -2.10. The third-order valence-corrected chi connectivity index (χ3v) is 2.47. The second-order valence-corrected chi connectivity index (χ2v) is 3.84. The number of nitrogens with two attached hydrogens (primary N) is 1. The van der Waals surface area contributed by atoms with Gasteiger partial charge in [-0.15, -0.1) is 0 Å². The largest absolute Gasteiger partial charge is 0.493 e. The Morgan fingerprint density at radius 1 is 1.26 bits per heavy atom. The molecule has 0 fully saturated rings. The number of benzene rings is 1. The van der Waals surface area contributed by atoms with Gasteiger partial charge in [0.25, 0.3) is 0 Å². The zero-order chi connectivity index (χ0) is 13.5. The molecule has 0 aliphatic carbocycles. The molecule has 1 aromatic carbocycles. The zero-order valence-corrected chi connectivity index (χ0v) is 10.8. The molecule has 2 rings (SSSR count). The van der Waals surface area contributed by atoms with Crippen LogP contribution in [-0.2, 0) is 0 Å². The van der Waals surface area contributed by atoms with E-state index in [0.29, 0.717) is 24.7 Å². The highest BCUT2D eigenvalue weighted by Gasteiger charge is 2.04. The smallest absolute Gasteiger partial charge is 0.173 e. The highest BCUT2D eigenvalue weighted by Crippen LogP contribution is 2.26. The van der Waals surface area contributed by atoms with Gasteiger partial charge in [-0.2, -0.15) is 0 Å². The summed E-state index contributed by atoms with van der Waals surface area (Å²) in [4.78, 5) is 4.24. The van der Waals surface area contributed by atoms with Crippen molar-refractivity contribution in [1.29, 1.82) is 0 Å². The van der Waals surface area contributed by atoms with Gasteiger partial charge in [-0.25, -0.2) is 4.98 Å². The van der Waals surface area contributed by atoms with E-state index in [9.17, 15) is 0 Å². The minimum Gasteiger partial charge on any atom is -0.493 e. The molecule has 0 atom stereocenters. The maximum absolute atomic E-state index is 5.47. The quantitative estimate of drug-likeness (QED) is 0.832. The van der Waals surface area contributed by atoms with E-state index in [1.54, 1.807) is 13.3 Å². The van der Waals surface area contributed by atoms with Crippen molar-refractivity contribution in [2.45, 2.75) is 0 Å². The summed E-state index contributed by atoms with van der Waals surface area (Å²) in [6.45, 7) is 0.988. The Morgan fingerprint density at radius 3 is 2.95 bits per heavy atom. The second kappa shape index (κ2) is 6.61. The van der Waals surface area contributed by atoms with Crippen molar-refractivity contribution in [3.05, 3.63) is 42.6 Å². The Bertz CT molecular complexity index is 532. The average Bonchev–Trinajstić information content (AvgIpc) is 2.46. The molecule has 0 bridgehead atoms. The first-order valence-corrected chi connectivity index (χ1v) is 6.02. The summed E-state index contributed by atoms with van der Waals surface area (Å²) >= 11 is 0. The Kier molecular flexibility index (Phi) is 4.58. The first-order chi connectivity index (χ1) is 9.33. The molecule has 3 N–H and O–H groups in total. The van der Waals surface area contributed by atoms with Crippen LogP contribution >= 0.6 is 0 Å². The molecular weight excluding hydrogens is 242 g/mol. The molecule has 0 aliphatic heterocycles. The Morgan fingerprint density at radius 2 is 2.16 bits per heavy atom. The third-order valence-electron chi connectivity index (χ3n) is 2.47. The maximum atomic E-state index is 5.47. The molecule has 0 amide bonds. The Hall–Kier alpha value is -2.27. The highest BCUT2D eigenvalue weighted by atomic mass is 16.5. The van der Waals surface area contributed by atoms with Crippen LogP contribution in [0.1, 0.15) is 0 Å². The predicted octanol–water partition coefficient (Wildman–Crippen LogP) is 2.17. The molecule has 0 radical (unpaired) electrons. The van der Waals surface area contributed by atoms with Crippen molar-refractivity contribution in [2.24, 2.45) is 5.73 Å². The molecule has 5 heteroatoms. The first-order valence-electron chi connectivity index (χ1n) is 6.02. The van der Waals surface area contributed by atoms with Gasteiger partial charge in [0.2, 0.25) is 0 Å². The summed E-state index contributed by atoms with van der Waals surface area (Å²) in [7, 11) is 1.61. The monoisotopic (exact) mass is 259 g/mol. The summed E-state index contributed by atoms with van der Waals surface area (Å²) in [6, 6.07) is 11.3. The van der Waals surface area contributed by atoms with E-state index >= 15 is 0 Å². The van der Waals surface area contributed by atoms with Crippen molar-refractivity contribution in [3.63, 3.8) is 0 Å². The summed E-state index contributed by atoms with van der Waals surface area (Å²) < 4.78 is 10.7. The van der Waals surface area contributed by atoms with Crippen LogP contribution in [0.25, 0.3) is 0 Å². The van der Waals surface area contributed by atoms with Gasteiger partial charge in [-0.05, 0) is 24.3 Å². The first kappa shape index (κ1) is 13.2. The molecule has 2 aromatic rings. The van der Waals surface area contributed by atoms with Crippen molar-refractivity contribution in [3.8, 4) is 11.5 Å². The van der Waals surface area contributed by atoms with Crippen molar-refractivity contribution >= 4 is 11.5 Å². The van der Waals surface area contributed by atoms with Crippen LogP contribution in [-0.4, -0.2) is 25.2 Å². The second-order valence-electron chi connectivity index (χ2n) is 3.84. The SMILES string of the molecule is COc1cccnc1Nc1cccc(OCCN)c1. The molecule has 0 saturated heterocycles. The molecule has 0 aliphatic rings. The normalized spacial score (nSPS) is 10.0. The van der Waals surface area contributed by atoms with E-state index < -0.39 is 0 Å². The minimum absolute atomic E-state index is 0.492. The van der Waals surface area contributed by atoms with Gasteiger partial charge in [-0.3, -0.25) is 0 Å². The minimum atomic E-state index is 0.492. The number of ether oxygens (including phenoxy) is 2. The van der Waals surface area contributed by atoms with Crippen molar-refractivity contribution in [1.82, 2.24) is 4.98 Å². The summed E-state index contributed by atoms with van der Waals surface area (Å²) in [5.41, 5.74) is 6.29. The fourth-order valence-corrected chi connectivity index (χ4v) is 1.63. The van der Waals surface area contributed by atoms with Gasteiger partial charge in [0, 0.05) is 24.5 Å². The summed E-state index contributed by atoms with van der Waals surface area (Å²) in [5.74, 6) is 2.13. The molecule has 100 valence electrons. The number of nitrogens with one attached hydrogen (secondary N) is 1. The average molecular weight is 259 g/mol. The van der Waals surface area contributed by atoms with E-state index in [1.165, 1.54) is 0 Å². The Balaban J connectivity index is 2.14. The van der Waals surface area contributed by atoms with E-state index in [0.717, 1.165) is 11.4 Å². The van der Waals surface area contributed by atoms with Crippen LogP contribution in [0.15, 0.2) is 42.6 Å². The molecule has 1 aromatic heterocycles. The number of aromatic nitrogens is 1. The van der Waals surface area contributed by atoms with E-state index in [2.05, 4.69) is 10.3 Å². The van der Waals surface area contributed by atoms with E-state index in [4.69, 9.17) is 15.2 Å². The summed E-state index contributed by atoms with van der Waals surface area (Å²) in [5, 5.41) is 3.19. The molecule has 0 spiro atoms.